The fraction of sp³-hybridized carbons (Fsp3) is 0.552. The lowest BCUT2D eigenvalue weighted by atomic mass is 9.84. The molecule has 1 fully saturated rings. The van der Waals surface area contributed by atoms with Gasteiger partial charge in [-0.3, -0.25) is 0 Å². The van der Waals surface area contributed by atoms with E-state index in [9.17, 15) is 0 Å². The Bertz CT molecular complexity index is 949. The molecule has 2 unspecified atom stereocenters. The molecule has 1 aliphatic carbocycles. The van der Waals surface area contributed by atoms with Crippen molar-refractivity contribution in [1.82, 2.24) is 4.90 Å². The highest BCUT2D eigenvalue weighted by atomic mass is 32.1. The number of hydrogen-bond acceptors (Lipinski definition) is 2. The molecule has 33 heavy (non-hydrogen) atoms. The molecule has 4 heteroatoms. The number of rotatable bonds is 6. The van der Waals surface area contributed by atoms with Gasteiger partial charge in [0.25, 0.3) is 0 Å². The van der Waals surface area contributed by atoms with Gasteiger partial charge in [-0.15, -0.1) is 0 Å². The summed E-state index contributed by atoms with van der Waals surface area (Å²) in [5.74, 6) is 0.662. The molecule has 1 aliphatic heterocycles. The smallest absolute Gasteiger partial charge is 0.173 e. The van der Waals surface area contributed by atoms with Crippen molar-refractivity contribution in [1.29, 1.82) is 0 Å². The maximum Gasteiger partial charge on any atom is 0.173 e. The molecule has 0 aromatic heterocycles. The molecule has 0 radical (unpaired) electrons. The van der Waals surface area contributed by atoms with Crippen molar-refractivity contribution in [2.45, 2.75) is 85.2 Å². The monoisotopic (exact) mass is 463 g/mol. The zero-order valence-corrected chi connectivity index (χ0v) is 21.8. The van der Waals surface area contributed by atoms with Crippen LogP contribution in [-0.2, 0) is 13.0 Å². The van der Waals surface area contributed by atoms with Crippen molar-refractivity contribution in [2.24, 2.45) is 5.92 Å². The van der Waals surface area contributed by atoms with Crippen LogP contribution in [0.3, 0.4) is 0 Å². The molecule has 2 aliphatic rings. The zero-order valence-electron chi connectivity index (χ0n) is 21.0. The van der Waals surface area contributed by atoms with Gasteiger partial charge < -0.3 is 15.1 Å². The number of thiocarbonyl (C=S) groups is 1. The number of nitrogens with zero attached hydrogens (tertiary/aromatic N) is 2. The predicted molar refractivity (Wildman–Crippen MR) is 146 cm³/mol. The summed E-state index contributed by atoms with van der Waals surface area (Å²) in [4.78, 5) is 5.06. The molecule has 1 heterocycles. The van der Waals surface area contributed by atoms with Gasteiger partial charge in [0.05, 0.1) is 0 Å². The third-order valence-electron chi connectivity index (χ3n) is 7.41. The zero-order chi connectivity index (χ0) is 23.4. The molecule has 0 saturated heterocycles. The largest absolute Gasteiger partial charge is 0.371 e. The van der Waals surface area contributed by atoms with Gasteiger partial charge in [-0.25, -0.2) is 0 Å². The summed E-state index contributed by atoms with van der Waals surface area (Å²) in [7, 11) is 0. The Hall–Kier alpha value is -2.07. The van der Waals surface area contributed by atoms with Gasteiger partial charge in [0, 0.05) is 37.1 Å². The highest BCUT2D eigenvalue weighted by molar-refractivity contribution is 7.80. The highest BCUT2D eigenvalue weighted by Crippen LogP contribution is 2.32. The third kappa shape index (κ3) is 5.90. The average Bonchev–Trinajstić information content (AvgIpc) is 2.77. The Morgan fingerprint density at radius 1 is 1.06 bits per heavy atom. The molecule has 4 rings (SSSR count). The van der Waals surface area contributed by atoms with E-state index in [0.717, 1.165) is 23.9 Å². The number of hydrogen-bond donors (Lipinski definition) is 1. The molecule has 2 aromatic carbocycles. The summed E-state index contributed by atoms with van der Waals surface area (Å²) >= 11 is 6.06. The van der Waals surface area contributed by atoms with E-state index in [4.69, 9.17) is 12.2 Å². The minimum absolute atomic E-state index is 0.497. The second kappa shape index (κ2) is 10.9. The Kier molecular flexibility index (Phi) is 7.95. The van der Waals surface area contributed by atoms with Crippen LogP contribution in [-0.4, -0.2) is 29.1 Å². The lowest BCUT2D eigenvalue weighted by molar-refractivity contribution is 0.177. The van der Waals surface area contributed by atoms with Crippen molar-refractivity contribution in [2.75, 3.05) is 23.3 Å². The van der Waals surface area contributed by atoms with Crippen LogP contribution in [0.25, 0.3) is 0 Å². The van der Waals surface area contributed by atoms with Crippen LogP contribution in [0.4, 0.5) is 11.4 Å². The number of aryl methyl sites for hydroxylation is 3. The van der Waals surface area contributed by atoms with Gasteiger partial charge >= 0.3 is 0 Å². The summed E-state index contributed by atoms with van der Waals surface area (Å²) in [6.07, 6.45) is 8.81. The minimum atomic E-state index is 0.497. The van der Waals surface area contributed by atoms with Gasteiger partial charge in [-0.2, -0.15) is 0 Å². The second-order valence-electron chi connectivity index (χ2n) is 10.3. The van der Waals surface area contributed by atoms with E-state index in [1.807, 2.05) is 0 Å². The fourth-order valence-corrected chi connectivity index (χ4v) is 6.18. The lowest BCUT2D eigenvalue weighted by Gasteiger charge is -2.40. The number of nitrogens with one attached hydrogen (secondary N) is 1. The molecule has 178 valence electrons. The van der Waals surface area contributed by atoms with Gasteiger partial charge in [-0.05, 0) is 105 Å². The number of benzene rings is 2. The van der Waals surface area contributed by atoms with E-state index in [0.29, 0.717) is 12.0 Å². The molecule has 2 atom stereocenters. The molecule has 0 bridgehead atoms. The van der Waals surface area contributed by atoms with Gasteiger partial charge in [-0.1, -0.05) is 44.9 Å². The Labute approximate surface area is 206 Å². The molecule has 3 nitrogen and oxygen atoms in total. The number of anilines is 2. The number of fused-ring (bicyclic) bond motifs is 1. The first-order valence-electron chi connectivity index (χ1n) is 13.0. The summed E-state index contributed by atoms with van der Waals surface area (Å²) in [5, 5.41) is 4.46. The molecular weight excluding hydrogens is 422 g/mol. The topological polar surface area (TPSA) is 18.5 Å². The fourth-order valence-electron chi connectivity index (χ4n) is 5.87. The van der Waals surface area contributed by atoms with E-state index < -0.39 is 0 Å². The predicted octanol–water partition coefficient (Wildman–Crippen LogP) is 7.24. The standard InChI is InChI=1S/C29H41N3S/c1-5-14-31-15-8-10-25-19-24(12-13-28(25)31)20-32(27-11-7-6-9-23(27)4)29(33)30-26-17-21(2)16-22(3)18-26/h12-13,16-19,23,27H,5-11,14-15,20H2,1-4H3,(H,30,33). The van der Waals surface area contributed by atoms with Gasteiger partial charge in [0.1, 0.15) is 0 Å². The van der Waals surface area contributed by atoms with E-state index in [1.165, 1.54) is 79.4 Å². The molecule has 0 spiro atoms. The van der Waals surface area contributed by atoms with E-state index in [-0.39, 0.29) is 0 Å². The summed E-state index contributed by atoms with van der Waals surface area (Å²) in [6.45, 7) is 12.2. The van der Waals surface area contributed by atoms with E-state index >= 15 is 0 Å². The van der Waals surface area contributed by atoms with Crippen LogP contribution < -0.4 is 10.2 Å². The normalized spacial score (nSPS) is 20.3. The van der Waals surface area contributed by atoms with Crippen LogP contribution in [0, 0.1) is 19.8 Å². The lowest BCUT2D eigenvalue weighted by Crippen LogP contribution is -2.46. The first-order valence-corrected chi connectivity index (χ1v) is 13.4. The average molecular weight is 464 g/mol. The van der Waals surface area contributed by atoms with Crippen molar-refractivity contribution in [3.63, 3.8) is 0 Å². The van der Waals surface area contributed by atoms with Crippen LogP contribution >= 0.6 is 12.2 Å². The maximum atomic E-state index is 6.06. The van der Waals surface area contributed by atoms with E-state index in [2.05, 4.69) is 79.2 Å². The summed E-state index contributed by atoms with van der Waals surface area (Å²) in [6, 6.07) is 14.3. The summed E-state index contributed by atoms with van der Waals surface area (Å²) < 4.78 is 0. The van der Waals surface area contributed by atoms with Crippen molar-refractivity contribution in [3.8, 4) is 0 Å². The first kappa shape index (κ1) is 24.1. The molecule has 1 saturated carbocycles. The van der Waals surface area contributed by atoms with Crippen LogP contribution in [0.5, 0.6) is 0 Å². The van der Waals surface area contributed by atoms with Crippen LogP contribution in [0.1, 0.15) is 74.6 Å². The second-order valence-corrected chi connectivity index (χ2v) is 10.7. The summed E-state index contributed by atoms with van der Waals surface area (Å²) in [5.41, 5.74) is 7.98. The molecule has 1 N–H and O–H groups in total. The van der Waals surface area contributed by atoms with Gasteiger partial charge in [0.15, 0.2) is 5.11 Å². The SMILES string of the molecule is CCCN1CCCc2cc(CN(C(=S)Nc3cc(C)cc(C)c3)C3CCCCC3C)ccc21. The highest BCUT2D eigenvalue weighted by Gasteiger charge is 2.29. The quantitative estimate of drug-likeness (QED) is 0.455. The molecular formula is C29H41N3S. The molecule has 2 aromatic rings. The maximum absolute atomic E-state index is 6.06. The third-order valence-corrected chi connectivity index (χ3v) is 7.74. The Morgan fingerprint density at radius 3 is 2.55 bits per heavy atom. The van der Waals surface area contributed by atoms with Crippen LogP contribution in [0.2, 0.25) is 0 Å². The van der Waals surface area contributed by atoms with Gasteiger partial charge in [0.2, 0.25) is 0 Å². The first-order chi connectivity index (χ1) is 15.9. The molecule has 0 amide bonds. The van der Waals surface area contributed by atoms with Crippen molar-refractivity contribution >= 4 is 28.7 Å². The van der Waals surface area contributed by atoms with Crippen LogP contribution in [0.15, 0.2) is 36.4 Å². The van der Waals surface area contributed by atoms with Crippen molar-refractivity contribution < 1.29 is 0 Å². The Morgan fingerprint density at radius 2 is 1.82 bits per heavy atom. The van der Waals surface area contributed by atoms with E-state index in [1.54, 1.807) is 0 Å². The minimum Gasteiger partial charge on any atom is -0.371 e. The van der Waals surface area contributed by atoms with Crippen molar-refractivity contribution in [3.05, 3.63) is 58.7 Å². The Balaban J connectivity index is 1.58.